The molecule has 1 fully saturated rings. The Morgan fingerprint density at radius 2 is 2.00 bits per heavy atom. The van der Waals surface area contributed by atoms with E-state index in [4.69, 9.17) is 4.74 Å². The second-order valence-corrected chi connectivity index (χ2v) is 8.72. The number of benzene rings is 1. The molecular weight excluding hydrogens is 412 g/mol. The minimum atomic E-state index is 0.0324. The van der Waals surface area contributed by atoms with Crippen molar-refractivity contribution in [1.82, 2.24) is 9.80 Å². The van der Waals surface area contributed by atoms with Gasteiger partial charge in [-0.15, -0.1) is 11.3 Å². The third-order valence-corrected chi connectivity index (χ3v) is 5.88. The number of rotatable bonds is 6. The highest BCUT2D eigenvalue weighted by atomic mass is 79.9. The highest BCUT2D eigenvalue weighted by Crippen LogP contribution is 2.26. The molecule has 0 unspecified atom stereocenters. The maximum absolute atomic E-state index is 13.0. The standard InChI is InChI=1S/C20H25BrN2O2S/c1-15(2)25-19-14-16(21)5-6-18(19)20(24)23-11-9-22(10-12-23)8-7-17-4-3-13-26-17/h3-6,13-15H,7-12H2,1-2H3. The lowest BCUT2D eigenvalue weighted by molar-refractivity contribution is 0.0633. The Bertz CT molecular complexity index is 725. The van der Waals surface area contributed by atoms with Gasteiger partial charge in [-0.3, -0.25) is 9.69 Å². The second kappa shape index (κ2) is 9.02. The molecule has 1 aliphatic rings. The topological polar surface area (TPSA) is 32.8 Å². The highest BCUT2D eigenvalue weighted by Gasteiger charge is 2.24. The largest absolute Gasteiger partial charge is 0.490 e. The molecule has 1 aromatic carbocycles. The molecule has 3 rings (SSSR count). The molecule has 0 aliphatic carbocycles. The summed E-state index contributed by atoms with van der Waals surface area (Å²) in [6.45, 7) is 8.38. The third kappa shape index (κ3) is 5.09. The van der Waals surface area contributed by atoms with E-state index in [0.717, 1.165) is 43.6 Å². The van der Waals surface area contributed by atoms with Gasteiger partial charge in [0.1, 0.15) is 5.75 Å². The summed E-state index contributed by atoms with van der Waals surface area (Å²) in [6, 6.07) is 9.93. The number of nitrogens with zero attached hydrogens (tertiary/aromatic N) is 2. The second-order valence-electron chi connectivity index (χ2n) is 6.77. The van der Waals surface area contributed by atoms with E-state index in [1.807, 2.05) is 48.3 Å². The predicted octanol–water partition coefficient (Wildman–Crippen LogP) is 4.30. The lowest BCUT2D eigenvalue weighted by Crippen LogP contribution is -2.49. The van der Waals surface area contributed by atoms with Crippen molar-refractivity contribution in [3.8, 4) is 5.75 Å². The van der Waals surface area contributed by atoms with Gasteiger partial charge in [-0.1, -0.05) is 22.0 Å². The Kier molecular flexibility index (Phi) is 6.73. The zero-order valence-electron chi connectivity index (χ0n) is 15.3. The lowest BCUT2D eigenvalue weighted by atomic mass is 10.1. The smallest absolute Gasteiger partial charge is 0.257 e. The van der Waals surface area contributed by atoms with E-state index in [1.165, 1.54) is 4.88 Å². The van der Waals surface area contributed by atoms with Crippen LogP contribution in [0.4, 0.5) is 0 Å². The summed E-state index contributed by atoms with van der Waals surface area (Å²) in [5.41, 5.74) is 0.647. The van der Waals surface area contributed by atoms with Gasteiger partial charge in [-0.05, 0) is 49.9 Å². The fourth-order valence-corrected chi connectivity index (χ4v) is 4.13. The molecule has 6 heteroatoms. The first-order chi connectivity index (χ1) is 12.5. The van der Waals surface area contributed by atoms with E-state index in [9.17, 15) is 4.79 Å². The van der Waals surface area contributed by atoms with Crippen molar-refractivity contribution in [2.24, 2.45) is 0 Å². The monoisotopic (exact) mass is 436 g/mol. The van der Waals surface area contributed by atoms with Crippen LogP contribution in [0.2, 0.25) is 0 Å². The average Bonchev–Trinajstić information content (AvgIpc) is 3.13. The van der Waals surface area contributed by atoms with Crippen molar-refractivity contribution < 1.29 is 9.53 Å². The minimum absolute atomic E-state index is 0.0324. The number of hydrogen-bond acceptors (Lipinski definition) is 4. The summed E-state index contributed by atoms with van der Waals surface area (Å²) in [6.07, 6.45) is 1.12. The van der Waals surface area contributed by atoms with Crippen LogP contribution in [0.3, 0.4) is 0 Å². The Balaban J connectivity index is 1.58. The van der Waals surface area contributed by atoms with Crippen LogP contribution in [-0.2, 0) is 6.42 Å². The molecular formula is C20H25BrN2O2S. The number of amides is 1. The van der Waals surface area contributed by atoms with Gasteiger partial charge in [-0.2, -0.15) is 0 Å². The third-order valence-electron chi connectivity index (χ3n) is 4.45. The van der Waals surface area contributed by atoms with Crippen LogP contribution >= 0.6 is 27.3 Å². The van der Waals surface area contributed by atoms with Crippen LogP contribution in [-0.4, -0.2) is 54.5 Å². The molecule has 4 nitrogen and oxygen atoms in total. The molecule has 0 bridgehead atoms. The van der Waals surface area contributed by atoms with Gasteiger partial charge in [0.05, 0.1) is 11.7 Å². The Labute approximate surface area is 167 Å². The van der Waals surface area contributed by atoms with Crippen molar-refractivity contribution in [3.63, 3.8) is 0 Å². The van der Waals surface area contributed by atoms with Crippen LogP contribution in [0, 0.1) is 0 Å². The molecule has 1 amide bonds. The molecule has 1 aliphatic heterocycles. The van der Waals surface area contributed by atoms with Crippen molar-refractivity contribution in [2.75, 3.05) is 32.7 Å². The first kappa shape index (κ1) is 19.4. The minimum Gasteiger partial charge on any atom is -0.490 e. The summed E-state index contributed by atoms with van der Waals surface area (Å²) in [5.74, 6) is 0.713. The van der Waals surface area contributed by atoms with Gasteiger partial charge >= 0.3 is 0 Å². The van der Waals surface area contributed by atoms with Gasteiger partial charge in [-0.25, -0.2) is 0 Å². The average molecular weight is 437 g/mol. The summed E-state index contributed by atoms with van der Waals surface area (Å²) in [7, 11) is 0. The summed E-state index contributed by atoms with van der Waals surface area (Å²) >= 11 is 5.27. The maximum Gasteiger partial charge on any atom is 0.257 e. The molecule has 0 N–H and O–H groups in total. The number of halogens is 1. The molecule has 2 heterocycles. The first-order valence-electron chi connectivity index (χ1n) is 9.03. The molecule has 140 valence electrons. The van der Waals surface area contributed by atoms with Crippen molar-refractivity contribution in [3.05, 3.63) is 50.6 Å². The van der Waals surface area contributed by atoms with Crippen LogP contribution in [0.1, 0.15) is 29.1 Å². The predicted molar refractivity (Wildman–Crippen MR) is 110 cm³/mol. The van der Waals surface area contributed by atoms with Gasteiger partial charge in [0.15, 0.2) is 0 Å². The number of ether oxygens (including phenoxy) is 1. The Morgan fingerprint density at radius 3 is 2.65 bits per heavy atom. The van der Waals surface area contributed by atoms with E-state index in [1.54, 1.807) is 0 Å². The number of carbonyl (C=O) groups is 1. The van der Waals surface area contributed by atoms with E-state index >= 15 is 0 Å². The maximum atomic E-state index is 13.0. The fraction of sp³-hybridized carbons (Fsp3) is 0.450. The number of piperazine rings is 1. The molecule has 0 spiro atoms. The quantitative estimate of drug-likeness (QED) is 0.676. The molecule has 26 heavy (non-hydrogen) atoms. The van der Waals surface area contributed by atoms with Crippen LogP contribution in [0.25, 0.3) is 0 Å². The number of hydrogen-bond donors (Lipinski definition) is 0. The highest BCUT2D eigenvalue weighted by molar-refractivity contribution is 9.10. The molecule has 0 saturated carbocycles. The Hall–Kier alpha value is -1.37. The van der Waals surface area contributed by atoms with Gasteiger partial charge in [0.25, 0.3) is 5.91 Å². The summed E-state index contributed by atoms with van der Waals surface area (Å²) in [5, 5.41) is 2.13. The lowest BCUT2D eigenvalue weighted by Gasteiger charge is -2.35. The normalized spacial score (nSPS) is 15.5. The van der Waals surface area contributed by atoms with Gasteiger partial charge in [0.2, 0.25) is 0 Å². The van der Waals surface area contributed by atoms with Gasteiger partial charge < -0.3 is 9.64 Å². The van der Waals surface area contributed by atoms with Crippen molar-refractivity contribution >= 4 is 33.2 Å². The van der Waals surface area contributed by atoms with Crippen molar-refractivity contribution in [1.29, 1.82) is 0 Å². The van der Waals surface area contributed by atoms with Crippen molar-refractivity contribution in [2.45, 2.75) is 26.4 Å². The molecule has 0 radical (unpaired) electrons. The summed E-state index contributed by atoms with van der Waals surface area (Å²) < 4.78 is 6.77. The van der Waals surface area contributed by atoms with Crippen LogP contribution in [0.5, 0.6) is 5.75 Å². The zero-order valence-corrected chi connectivity index (χ0v) is 17.7. The number of carbonyl (C=O) groups excluding carboxylic acids is 1. The van der Waals surface area contributed by atoms with Crippen LogP contribution in [0.15, 0.2) is 40.2 Å². The zero-order chi connectivity index (χ0) is 18.5. The Morgan fingerprint density at radius 1 is 1.23 bits per heavy atom. The molecule has 0 atom stereocenters. The molecule has 1 saturated heterocycles. The number of thiophene rings is 1. The van der Waals surface area contributed by atoms with E-state index < -0.39 is 0 Å². The van der Waals surface area contributed by atoms with E-state index in [-0.39, 0.29) is 12.0 Å². The van der Waals surface area contributed by atoms with E-state index in [2.05, 4.69) is 38.3 Å². The van der Waals surface area contributed by atoms with E-state index in [0.29, 0.717) is 11.3 Å². The van der Waals surface area contributed by atoms with Gasteiger partial charge in [0, 0.05) is 42.1 Å². The fourth-order valence-electron chi connectivity index (χ4n) is 3.09. The SMILES string of the molecule is CC(C)Oc1cc(Br)ccc1C(=O)N1CCN(CCc2cccs2)CC1. The van der Waals surface area contributed by atoms with Crippen LogP contribution < -0.4 is 4.74 Å². The molecule has 1 aromatic heterocycles. The molecule has 2 aromatic rings. The first-order valence-corrected chi connectivity index (χ1v) is 10.7. The summed E-state index contributed by atoms with van der Waals surface area (Å²) in [4.78, 5) is 18.8.